The normalized spacial score (nSPS) is 27.9. The Balaban J connectivity index is 1.71. The highest BCUT2D eigenvalue weighted by Crippen LogP contribution is 2.60. The number of aliphatic hydroxyl groups excluding tert-OH is 2. The number of nitrogens with zero attached hydrogens (tertiary/aromatic N) is 3. The Morgan fingerprint density at radius 2 is 1.90 bits per heavy atom. The highest BCUT2D eigenvalue weighted by molar-refractivity contribution is 7.61. The second kappa shape index (κ2) is 9.01. The number of phosphoric ester groups is 2. The SMILES string of the molecule is NCCOP(=O)(O)OP(=O)(O)OC[C@H]1O[C@@H](n2cnc3c(=O)[nH]c(N)nc32)[C@H](O)[C@@H]1O. The summed E-state index contributed by atoms with van der Waals surface area (Å²) in [4.78, 5) is 40.8. The smallest absolute Gasteiger partial charge is 0.387 e. The van der Waals surface area contributed by atoms with Crippen LogP contribution in [0.15, 0.2) is 11.1 Å². The van der Waals surface area contributed by atoms with Crippen LogP contribution in [0.3, 0.4) is 0 Å². The summed E-state index contributed by atoms with van der Waals surface area (Å²) in [5.74, 6) is -0.226. The third-order valence-corrected chi connectivity index (χ3v) is 6.68. The van der Waals surface area contributed by atoms with Crippen LogP contribution in [0, 0.1) is 0 Å². The Hall–Kier alpha value is -1.75. The summed E-state index contributed by atoms with van der Waals surface area (Å²) in [5, 5.41) is 20.5. The van der Waals surface area contributed by atoms with Gasteiger partial charge in [-0.25, -0.2) is 14.1 Å². The molecule has 31 heavy (non-hydrogen) atoms. The molecule has 17 nitrogen and oxygen atoms in total. The van der Waals surface area contributed by atoms with Crippen LogP contribution in [0.1, 0.15) is 6.23 Å². The number of hydrogen-bond donors (Lipinski definition) is 7. The average Bonchev–Trinajstić information content (AvgIpc) is 3.20. The van der Waals surface area contributed by atoms with E-state index in [9.17, 15) is 33.9 Å². The number of hydrogen-bond acceptors (Lipinski definition) is 13. The molecule has 3 heterocycles. The van der Waals surface area contributed by atoms with E-state index < -0.39 is 59.0 Å². The van der Waals surface area contributed by atoms with E-state index in [1.165, 1.54) is 0 Å². The van der Waals surface area contributed by atoms with Crippen molar-refractivity contribution in [2.24, 2.45) is 5.73 Å². The van der Waals surface area contributed by atoms with E-state index in [-0.39, 0.29) is 23.7 Å². The number of imidazole rings is 1. The van der Waals surface area contributed by atoms with Crippen LogP contribution in [0.2, 0.25) is 0 Å². The molecule has 2 unspecified atom stereocenters. The first-order valence-corrected chi connectivity index (χ1v) is 11.5. The maximum atomic E-state index is 11.9. The molecule has 1 fully saturated rings. The number of anilines is 1. The van der Waals surface area contributed by atoms with Crippen molar-refractivity contribution in [1.82, 2.24) is 19.5 Å². The molecule has 0 bridgehead atoms. The van der Waals surface area contributed by atoms with E-state index in [4.69, 9.17) is 16.2 Å². The van der Waals surface area contributed by atoms with E-state index in [1.807, 2.05) is 0 Å². The molecule has 6 atom stereocenters. The number of aromatic nitrogens is 4. The monoisotopic (exact) mass is 486 g/mol. The van der Waals surface area contributed by atoms with Gasteiger partial charge in [-0.15, -0.1) is 0 Å². The first-order chi connectivity index (χ1) is 14.4. The minimum absolute atomic E-state index is 0.0477. The largest absolute Gasteiger partial charge is 0.481 e. The van der Waals surface area contributed by atoms with Gasteiger partial charge in [-0.1, -0.05) is 0 Å². The van der Waals surface area contributed by atoms with Crippen LogP contribution >= 0.6 is 15.6 Å². The Labute approximate surface area is 172 Å². The van der Waals surface area contributed by atoms with Gasteiger partial charge in [-0.3, -0.25) is 23.4 Å². The van der Waals surface area contributed by atoms with Crippen LogP contribution in [0.5, 0.6) is 0 Å². The number of nitrogens with one attached hydrogen (secondary N) is 1. The molecule has 0 radical (unpaired) electrons. The predicted molar refractivity (Wildman–Crippen MR) is 100 cm³/mol. The zero-order valence-corrected chi connectivity index (χ0v) is 17.3. The molecule has 2 aromatic heterocycles. The second-order valence-corrected chi connectivity index (χ2v) is 9.30. The predicted octanol–water partition coefficient (Wildman–Crippen LogP) is -2.47. The molecule has 1 saturated heterocycles. The fraction of sp³-hybridized carbons (Fsp3) is 0.583. The Morgan fingerprint density at radius 1 is 1.23 bits per heavy atom. The summed E-state index contributed by atoms with van der Waals surface area (Å²) in [6, 6.07) is 0. The molecule has 0 aromatic carbocycles. The fourth-order valence-corrected chi connectivity index (χ4v) is 4.83. The van der Waals surface area contributed by atoms with Crippen LogP contribution in [-0.2, 0) is 27.2 Å². The van der Waals surface area contributed by atoms with E-state index in [0.717, 1.165) is 10.9 Å². The molecule has 1 aliphatic heterocycles. The molecule has 0 amide bonds. The van der Waals surface area contributed by atoms with Gasteiger partial charge in [-0.05, 0) is 0 Å². The van der Waals surface area contributed by atoms with Crippen molar-refractivity contribution >= 4 is 32.8 Å². The Morgan fingerprint density at radius 3 is 2.58 bits per heavy atom. The van der Waals surface area contributed by atoms with Crippen molar-refractivity contribution in [2.45, 2.75) is 24.5 Å². The summed E-state index contributed by atoms with van der Waals surface area (Å²) in [6.45, 7) is -1.41. The van der Waals surface area contributed by atoms with Crippen molar-refractivity contribution in [3.05, 3.63) is 16.7 Å². The van der Waals surface area contributed by atoms with Crippen LogP contribution < -0.4 is 17.0 Å². The maximum absolute atomic E-state index is 11.9. The molecular weight excluding hydrogens is 466 g/mol. The van der Waals surface area contributed by atoms with Crippen molar-refractivity contribution < 1.29 is 47.2 Å². The van der Waals surface area contributed by atoms with Crippen molar-refractivity contribution in [3.8, 4) is 0 Å². The lowest BCUT2D eigenvalue weighted by Gasteiger charge is -2.19. The minimum Gasteiger partial charge on any atom is -0.387 e. The number of nitrogens with two attached hydrogens (primary N) is 2. The van der Waals surface area contributed by atoms with Crippen LogP contribution in [-0.4, -0.2) is 77.6 Å². The lowest BCUT2D eigenvalue weighted by atomic mass is 10.1. The van der Waals surface area contributed by atoms with Gasteiger partial charge in [0.15, 0.2) is 17.4 Å². The molecule has 0 spiro atoms. The molecule has 174 valence electrons. The number of aliphatic hydroxyl groups is 2. The van der Waals surface area contributed by atoms with Crippen molar-refractivity contribution in [2.75, 3.05) is 25.5 Å². The van der Waals surface area contributed by atoms with E-state index in [0.29, 0.717) is 0 Å². The minimum atomic E-state index is -5.13. The van der Waals surface area contributed by atoms with Gasteiger partial charge in [0.25, 0.3) is 5.56 Å². The standard InChI is InChI=1S/C12H20N6O11P2/c13-1-2-26-30(22,23)29-31(24,25)27-3-5-7(19)8(20)11(28-5)18-4-15-6-9(18)16-12(14)17-10(6)21/h4-5,7-8,11,19-20H,1-3,13H2,(H,22,23)(H,24,25)(H3,14,16,17,21)/t5-,7-,8-,11-/m1/s1. The van der Waals surface area contributed by atoms with Gasteiger partial charge in [-0.2, -0.15) is 9.29 Å². The van der Waals surface area contributed by atoms with Gasteiger partial charge in [0.1, 0.15) is 18.3 Å². The summed E-state index contributed by atoms with van der Waals surface area (Å²) >= 11 is 0. The molecule has 1 aliphatic rings. The number of rotatable bonds is 9. The number of nitrogen functional groups attached to an aromatic ring is 1. The number of ether oxygens (including phenoxy) is 1. The molecule has 3 rings (SSSR count). The Bertz CT molecular complexity index is 1090. The maximum Gasteiger partial charge on any atom is 0.481 e. The van der Waals surface area contributed by atoms with Crippen LogP contribution in [0.25, 0.3) is 11.2 Å². The number of H-pyrrole nitrogens is 1. The van der Waals surface area contributed by atoms with E-state index >= 15 is 0 Å². The quantitative estimate of drug-likeness (QED) is 0.181. The van der Waals surface area contributed by atoms with E-state index in [2.05, 4.69) is 28.3 Å². The molecule has 0 aliphatic carbocycles. The zero-order chi connectivity index (χ0) is 23.0. The van der Waals surface area contributed by atoms with Crippen molar-refractivity contribution in [1.29, 1.82) is 0 Å². The molecule has 9 N–H and O–H groups in total. The number of phosphoric acid groups is 2. The van der Waals surface area contributed by atoms with Gasteiger partial charge >= 0.3 is 15.6 Å². The van der Waals surface area contributed by atoms with Gasteiger partial charge in [0.05, 0.1) is 19.5 Å². The first-order valence-electron chi connectivity index (χ1n) is 8.54. The highest BCUT2D eigenvalue weighted by Gasteiger charge is 2.46. The lowest BCUT2D eigenvalue weighted by molar-refractivity contribution is -0.0504. The molecule has 19 heteroatoms. The molecule has 2 aromatic rings. The average molecular weight is 486 g/mol. The third-order valence-electron chi connectivity index (χ3n) is 4.04. The summed E-state index contributed by atoms with van der Waals surface area (Å²) in [5.41, 5.74) is 9.80. The number of aromatic amines is 1. The zero-order valence-electron chi connectivity index (χ0n) is 15.5. The van der Waals surface area contributed by atoms with E-state index in [1.54, 1.807) is 0 Å². The third kappa shape index (κ3) is 5.36. The second-order valence-electron chi connectivity index (χ2n) is 6.26. The molecule has 0 saturated carbocycles. The van der Waals surface area contributed by atoms with Gasteiger partial charge < -0.3 is 36.2 Å². The van der Waals surface area contributed by atoms with Crippen LogP contribution in [0.4, 0.5) is 5.95 Å². The number of fused-ring (bicyclic) bond motifs is 1. The Kier molecular flexibility index (Phi) is 6.95. The highest BCUT2D eigenvalue weighted by atomic mass is 31.3. The van der Waals surface area contributed by atoms with Crippen molar-refractivity contribution in [3.63, 3.8) is 0 Å². The lowest BCUT2D eigenvalue weighted by Crippen LogP contribution is -2.33. The summed E-state index contributed by atoms with van der Waals surface area (Å²) in [7, 11) is -10.1. The molecular formula is C12H20N6O11P2. The summed E-state index contributed by atoms with van der Waals surface area (Å²) < 4.78 is 43.0. The fourth-order valence-electron chi connectivity index (χ4n) is 2.74. The van der Waals surface area contributed by atoms with Gasteiger partial charge in [0.2, 0.25) is 5.95 Å². The topological polar surface area (TPSA) is 268 Å². The first kappa shape index (κ1) is 23.9. The van der Waals surface area contributed by atoms with Gasteiger partial charge in [0, 0.05) is 6.54 Å². The summed E-state index contributed by atoms with van der Waals surface area (Å²) in [6.07, 6.45) is -4.81.